The zero-order valence-electron chi connectivity index (χ0n) is 9.94. The minimum Gasteiger partial charge on any atom is -0.233 e. The van der Waals surface area contributed by atoms with E-state index in [1.165, 1.54) is 0 Å². The second-order valence-electron chi connectivity index (χ2n) is 3.97. The first-order valence-corrected chi connectivity index (χ1v) is 5.63. The highest BCUT2D eigenvalue weighted by Gasteiger charge is 2.07. The van der Waals surface area contributed by atoms with Crippen molar-refractivity contribution < 1.29 is 9.13 Å². The van der Waals surface area contributed by atoms with Crippen molar-refractivity contribution in [3.8, 4) is 0 Å². The topological polar surface area (TPSA) is 17.6 Å². The van der Waals surface area contributed by atoms with Gasteiger partial charge in [0.2, 0.25) is 19.3 Å². The average molecular weight is 230 g/mol. The summed E-state index contributed by atoms with van der Waals surface area (Å²) < 4.78 is 8.44. The van der Waals surface area contributed by atoms with Gasteiger partial charge in [0.15, 0.2) is 0 Å². The van der Waals surface area contributed by atoms with Crippen molar-refractivity contribution in [2.45, 2.75) is 19.8 Å². The lowest BCUT2D eigenvalue weighted by Gasteiger charge is -1.91. The first kappa shape index (κ1) is 11.4. The van der Waals surface area contributed by atoms with Gasteiger partial charge in [-0.3, -0.25) is 0 Å². The van der Waals surface area contributed by atoms with Crippen molar-refractivity contribution in [3.63, 3.8) is 0 Å². The van der Waals surface area contributed by atoms with Crippen molar-refractivity contribution in [1.29, 1.82) is 0 Å². The lowest BCUT2D eigenvalue weighted by Crippen LogP contribution is -2.49. The van der Waals surface area contributed by atoms with E-state index in [0.717, 1.165) is 19.8 Å². The lowest BCUT2D eigenvalue weighted by atomic mass is 10.6. The quantitative estimate of drug-likeness (QED) is 0.515. The van der Waals surface area contributed by atoms with Crippen molar-refractivity contribution in [2.24, 2.45) is 0 Å². The number of allylic oxidation sites excluding steroid dienone is 2. The van der Waals surface area contributed by atoms with Crippen LogP contribution in [0.25, 0.3) is 0 Å². The highest BCUT2D eigenvalue weighted by molar-refractivity contribution is 4.75. The fourth-order valence-electron chi connectivity index (χ4n) is 1.75. The second-order valence-corrected chi connectivity index (χ2v) is 3.97. The Hall–Kier alpha value is -2.10. The molecule has 0 aliphatic carbocycles. The smallest absolute Gasteiger partial charge is 0.233 e. The van der Waals surface area contributed by atoms with Crippen LogP contribution in [0.4, 0.5) is 0 Å². The highest BCUT2D eigenvalue weighted by atomic mass is 15.2. The van der Waals surface area contributed by atoms with Crippen molar-refractivity contribution in [3.05, 3.63) is 62.8 Å². The van der Waals surface area contributed by atoms with Gasteiger partial charge in [0.05, 0.1) is 0 Å². The maximum atomic E-state index is 3.72. The van der Waals surface area contributed by atoms with Gasteiger partial charge in [-0.25, -0.2) is 9.13 Å². The van der Waals surface area contributed by atoms with Crippen LogP contribution in [0.3, 0.4) is 0 Å². The van der Waals surface area contributed by atoms with E-state index in [9.17, 15) is 0 Å². The summed E-state index contributed by atoms with van der Waals surface area (Å²) in [6, 6.07) is 0. The first-order chi connectivity index (χ1) is 8.31. The fourth-order valence-corrected chi connectivity index (χ4v) is 1.75. The third kappa shape index (κ3) is 2.93. The summed E-state index contributed by atoms with van der Waals surface area (Å²) in [4.78, 5) is 0. The van der Waals surface area contributed by atoms with Gasteiger partial charge >= 0.3 is 0 Å². The molecule has 2 aromatic heterocycles. The summed E-state index contributed by atoms with van der Waals surface area (Å²) in [7, 11) is 0. The minimum absolute atomic E-state index is 0.814. The summed E-state index contributed by atoms with van der Waals surface area (Å²) >= 11 is 0. The molecule has 0 fully saturated rings. The molecule has 88 valence electrons. The molecule has 0 unspecified atom stereocenters. The van der Waals surface area contributed by atoms with Crippen LogP contribution in [-0.2, 0) is 19.8 Å². The van der Waals surface area contributed by atoms with Gasteiger partial charge < -0.3 is 0 Å². The van der Waals surface area contributed by atoms with Gasteiger partial charge in [-0.05, 0) is 0 Å². The van der Waals surface area contributed by atoms with Gasteiger partial charge in [-0.1, -0.05) is 25.3 Å². The van der Waals surface area contributed by atoms with Crippen LogP contribution in [0.5, 0.6) is 0 Å². The van der Waals surface area contributed by atoms with Gasteiger partial charge in [0, 0.05) is 0 Å². The molecule has 17 heavy (non-hydrogen) atoms. The van der Waals surface area contributed by atoms with Crippen LogP contribution in [0.1, 0.15) is 0 Å². The maximum absolute atomic E-state index is 3.72. The number of nitrogens with zero attached hydrogens (tertiary/aromatic N) is 4. The maximum Gasteiger partial charge on any atom is 0.247 e. The standard InChI is InChI=1S/C13H18N4/c1-3-5-14-7-9-16(11-14)13-17-10-8-15(12-17)6-4-2/h3-4,7-12H,1-2,5-6,13H2/q+2. The van der Waals surface area contributed by atoms with Crippen LogP contribution in [0, 0.1) is 0 Å². The Morgan fingerprint density at radius 1 is 0.882 bits per heavy atom. The van der Waals surface area contributed by atoms with E-state index < -0.39 is 0 Å². The van der Waals surface area contributed by atoms with Crippen molar-refractivity contribution in [1.82, 2.24) is 9.13 Å². The highest BCUT2D eigenvalue weighted by Crippen LogP contribution is 1.86. The van der Waals surface area contributed by atoms with E-state index in [1.54, 1.807) is 0 Å². The zero-order chi connectivity index (χ0) is 12.1. The van der Waals surface area contributed by atoms with E-state index >= 15 is 0 Å². The summed E-state index contributed by atoms with van der Waals surface area (Å²) in [5, 5.41) is 0. The molecule has 2 heterocycles. The Morgan fingerprint density at radius 2 is 1.35 bits per heavy atom. The Labute approximate surface area is 101 Å². The Bertz CT molecular complexity index is 461. The largest absolute Gasteiger partial charge is 0.247 e. The van der Waals surface area contributed by atoms with E-state index in [-0.39, 0.29) is 0 Å². The number of rotatable bonds is 6. The van der Waals surface area contributed by atoms with E-state index in [0.29, 0.717) is 0 Å². The molecule has 0 N–H and O–H groups in total. The van der Waals surface area contributed by atoms with Gasteiger partial charge in [-0.2, -0.15) is 9.13 Å². The second kappa shape index (κ2) is 5.30. The molecule has 4 heteroatoms. The van der Waals surface area contributed by atoms with Crippen LogP contribution in [0.15, 0.2) is 62.8 Å². The lowest BCUT2D eigenvalue weighted by molar-refractivity contribution is -0.912. The summed E-state index contributed by atoms with van der Waals surface area (Å²) in [6.07, 6.45) is 16.1. The van der Waals surface area contributed by atoms with Crippen molar-refractivity contribution in [2.75, 3.05) is 0 Å². The molecule has 4 nitrogen and oxygen atoms in total. The molecule has 0 saturated carbocycles. The molecule has 2 rings (SSSR count). The number of hydrogen-bond donors (Lipinski definition) is 0. The predicted octanol–water partition coefficient (Wildman–Crippen LogP) is 0.742. The van der Waals surface area contributed by atoms with Crippen LogP contribution in [-0.4, -0.2) is 9.13 Å². The predicted molar refractivity (Wildman–Crippen MR) is 65.0 cm³/mol. The van der Waals surface area contributed by atoms with Crippen molar-refractivity contribution >= 4 is 0 Å². The molecule has 0 aliphatic rings. The third-order valence-corrected chi connectivity index (χ3v) is 2.50. The normalized spacial score (nSPS) is 10.4. The SMILES string of the molecule is C=CCn1cc[n+](C[n+]2ccn(CC=C)c2)c1. The third-order valence-electron chi connectivity index (χ3n) is 2.50. The first-order valence-electron chi connectivity index (χ1n) is 5.63. The molecule has 0 aromatic carbocycles. The molecule has 0 atom stereocenters. The average Bonchev–Trinajstić information content (AvgIpc) is 2.91. The van der Waals surface area contributed by atoms with Gasteiger partial charge in [0.1, 0.15) is 37.9 Å². The number of aromatic nitrogens is 4. The monoisotopic (exact) mass is 230 g/mol. The Kier molecular flexibility index (Phi) is 3.55. The molecular formula is C13H18N4+2. The van der Waals surface area contributed by atoms with Crippen LogP contribution >= 0.6 is 0 Å². The number of hydrogen-bond acceptors (Lipinski definition) is 0. The molecule has 0 saturated heterocycles. The van der Waals surface area contributed by atoms with Gasteiger partial charge in [-0.15, -0.1) is 0 Å². The molecule has 0 radical (unpaired) electrons. The number of imidazole rings is 2. The molecule has 0 amide bonds. The fraction of sp³-hybridized carbons (Fsp3) is 0.231. The Balaban J connectivity index is 2.02. The summed E-state index contributed by atoms with van der Waals surface area (Å²) in [5.74, 6) is 0. The van der Waals surface area contributed by atoms with Crippen LogP contribution in [0.2, 0.25) is 0 Å². The van der Waals surface area contributed by atoms with Gasteiger partial charge in [0.25, 0.3) is 0 Å². The molecule has 2 aromatic rings. The summed E-state index contributed by atoms with van der Waals surface area (Å²) in [5.41, 5.74) is 0. The Morgan fingerprint density at radius 3 is 1.76 bits per heavy atom. The minimum atomic E-state index is 0.814. The van der Waals surface area contributed by atoms with E-state index in [2.05, 4.69) is 56.5 Å². The van der Waals surface area contributed by atoms with Crippen LogP contribution < -0.4 is 9.13 Å². The van der Waals surface area contributed by atoms with E-state index in [1.807, 2.05) is 24.5 Å². The molecule has 0 spiro atoms. The molecule has 0 bridgehead atoms. The zero-order valence-corrected chi connectivity index (χ0v) is 9.94. The molecule has 0 aliphatic heterocycles. The van der Waals surface area contributed by atoms with E-state index in [4.69, 9.17) is 0 Å². The summed E-state index contributed by atoms with van der Waals surface area (Å²) in [6.45, 7) is 9.95. The molecular weight excluding hydrogens is 212 g/mol.